The molecule has 0 aliphatic carbocycles. The molecule has 0 saturated carbocycles. The van der Waals surface area contributed by atoms with Gasteiger partial charge in [0.1, 0.15) is 0 Å². The molecule has 0 aromatic heterocycles. The van der Waals surface area contributed by atoms with Crippen LogP contribution in [0.3, 0.4) is 0 Å². The second-order valence-electron chi connectivity index (χ2n) is 4.29. The number of nitrogens with one attached hydrogen (secondary N) is 1. The largest absolute Gasteiger partial charge is 0.313 e. The molecule has 0 amide bonds. The second kappa shape index (κ2) is 7.72. The van der Waals surface area contributed by atoms with Crippen LogP contribution in [0.4, 0.5) is 0 Å². The number of hydrogen-bond acceptors (Lipinski definition) is 1. The second-order valence-corrected chi connectivity index (χ2v) is 4.29. The molecule has 0 atom stereocenters. The van der Waals surface area contributed by atoms with Gasteiger partial charge in [0.25, 0.3) is 0 Å². The zero-order chi connectivity index (χ0) is 10.4. The third-order valence-electron chi connectivity index (χ3n) is 2.48. The maximum absolute atomic E-state index is 3.47. The van der Waals surface area contributed by atoms with Crippen molar-refractivity contribution in [1.29, 1.82) is 0 Å². The monoisotopic (exact) mass is 227 g/mol. The van der Waals surface area contributed by atoms with Crippen LogP contribution in [0.25, 0.3) is 0 Å². The van der Waals surface area contributed by atoms with Crippen LogP contribution in [0.2, 0.25) is 0 Å². The van der Waals surface area contributed by atoms with Crippen LogP contribution in [0.1, 0.15) is 31.4 Å². The summed E-state index contributed by atoms with van der Waals surface area (Å²) in [4.78, 5) is 0. The summed E-state index contributed by atoms with van der Waals surface area (Å²) in [5.41, 5.74) is 2.79. The molecule has 0 bridgehead atoms. The van der Waals surface area contributed by atoms with E-state index in [1.165, 1.54) is 17.5 Å². The van der Waals surface area contributed by atoms with Crippen LogP contribution < -0.4 is 5.32 Å². The maximum atomic E-state index is 3.47. The first kappa shape index (κ1) is 14.5. The molecule has 0 radical (unpaired) electrons. The number of benzene rings is 1. The highest BCUT2D eigenvalue weighted by molar-refractivity contribution is 5.85. The van der Waals surface area contributed by atoms with Crippen molar-refractivity contribution in [2.24, 2.45) is 5.92 Å². The Hall–Kier alpha value is -0.530. The molecule has 0 aliphatic rings. The highest BCUT2D eigenvalue weighted by atomic mass is 35.5. The summed E-state index contributed by atoms with van der Waals surface area (Å²) in [6.45, 7) is 8.80. The fraction of sp³-hybridized carbons (Fsp3) is 0.538. The van der Waals surface area contributed by atoms with E-state index in [9.17, 15) is 0 Å². The zero-order valence-corrected chi connectivity index (χ0v) is 10.7. The Morgan fingerprint density at radius 3 is 2.47 bits per heavy atom. The van der Waals surface area contributed by atoms with E-state index in [-0.39, 0.29) is 12.4 Å². The minimum atomic E-state index is 0. The summed E-state index contributed by atoms with van der Waals surface area (Å²) in [6.07, 6.45) is 1.26. The van der Waals surface area contributed by atoms with Gasteiger partial charge in [-0.3, -0.25) is 0 Å². The van der Waals surface area contributed by atoms with Gasteiger partial charge < -0.3 is 5.32 Å². The van der Waals surface area contributed by atoms with Gasteiger partial charge in [0.15, 0.2) is 0 Å². The smallest absolute Gasteiger partial charge is 0.0208 e. The first-order valence-corrected chi connectivity index (χ1v) is 5.45. The molecule has 15 heavy (non-hydrogen) atoms. The fourth-order valence-corrected chi connectivity index (χ4v) is 1.42. The molecule has 86 valence electrons. The normalized spacial score (nSPS) is 10.1. The van der Waals surface area contributed by atoms with Gasteiger partial charge in [0.05, 0.1) is 0 Å². The summed E-state index contributed by atoms with van der Waals surface area (Å²) in [5, 5.41) is 3.47. The first-order chi connectivity index (χ1) is 6.70. The van der Waals surface area contributed by atoms with Gasteiger partial charge in [-0.15, -0.1) is 12.4 Å². The van der Waals surface area contributed by atoms with Gasteiger partial charge >= 0.3 is 0 Å². The van der Waals surface area contributed by atoms with Gasteiger partial charge in [0.2, 0.25) is 0 Å². The number of halogens is 1. The lowest BCUT2D eigenvalue weighted by Gasteiger charge is -2.08. The molecule has 1 rings (SSSR count). The van der Waals surface area contributed by atoms with Crippen molar-refractivity contribution in [3.63, 3.8) is 0 Å². The van der Waals surface area contributed by atoms with E-state index in [0.717, 1.165) is 19.0 Å². The van der Waals surface area contributed by atoms with Crippen molar-refractivity contribution in [3.8, 4) is 0 Å². The lowest BCUT2D eigenvalue weighted by atomic mass is 10.1. The van der Waals surface area contributed by atoms with Crippen molar-refractivity contribution in [2.45, 2.75) is 33.7 Å². The Morgan fingerprint density at radius 2 is 1.87 bits per heavy atom. The molecule has 0 spiro atoms. The van der Waals surface area contributed by atoms with Gasteiger partial charge in [-0.25, -0.2) is 0 Å². The van der Waals surface area contributed by atoms with Gasteiger partial charge in [0, 0.05) is 6.54 Å². The number of aryl methyl sites for hydroxylation is 1. The van der Waals surface area contributed by atoms with Crippen molar-refractivity contribution in [1.82, 2.24) is 5.32 Å². The highest BCUT2D eigenvalue weighted by Gasteiger charge is 1.96. The molecule has 0 aliphatic heterocycles. The molecule has 0 unspecified atom stereocenters. The Kier molecular flexibility index (Phi) is 7.45. The van der Waals surface area contributed by atoms with E-state index in [4.69, 9.17) is 0 Å². The average molecular weight is 228 g/mol. The van der Waals surface area contributed by atoms with Gasteiger partial charge in [-0.1, -0.05) is 38.1 Å². The van der Waals surface area contributed by atoms with Crippen LogP contribution in [0.5, 0.6) is 0 Å². The molecule has 1 nitrogen and oxygen atoms in total. The Labute approximate surface area is 99.7 Å². The van der Waals surface area contributed by atoms with Gasteiger partial charge in [-0.2, -0.15) is 0 Å². The zero-order valence-electron chi connectivity index (χ0n) is 9.92. The first-order valence-electron chi connectivity index (χ1n) is 5.45. The third-order valence-corrected chi connectivity index (χ3v) is 2.48. The van der Waals surface area contributed by atoms with E-state index in [1.54, 1.807) is 0 Å². The number of rotatable bonds is 5. The lowest BCUT2D eigenvalue weighted by molar-refractivity contribution is 0.537. The van der Waals surface area contributed by atoms with Crippen molar-refractivity contribution < 1.29 is 0 Å². The molecule has 0 saturated heterocycles. The molecule has 1 aromatic carbocycles. The van der Waals surface area contributed by atoms with Gasteiger partial charge in [-0.05, 0) is 36.9 Å². The number of hydrogen-bond donors (Lipinski definition) is 1. The van der Waals surface area contributed by atoms with Crippen LogP contribution >= 0.6 is 12.4 Å². The highest BCUT2D eigenvalue weighted by Crippen LogP contribution is 2.06. The molecule has 1 N–H and O–H groups in total. The van der Waals surface area contributed by atoms with Crippen molar-refractivity contribution in [2.75, 3.05) is 6.54 Å². The van der Waals surface area contributed by atoms with E-state index in [1.807, 2.05) is 0 Å². The topological polar surface area (TPSA) is 12.0 Å². The van der Waals surface area contributed by atoms with E-state index in [0.29, 0.717) is 0 Å². The Morgan fingerprint density at radius 1 is 1.20 bits per heavy atom. The minimum absolute atomic E-state index is 0. The van der Waals surface area contributed by atoms with Crippen molar-refractivity contribution >= 4 is 12.4 Å². The summed E-state index contributed by atoms with van der Waals surface area (Å²) < 4.78 is 0. The molecular weight excluding hydrogens is 206 g/mol. The fourth-order valence-electron chi connectivity index (χ4n) is 1.42. The van der Waals surface area contributed by atoms with Crippen molar-refractivity contribution in [3.05, 3.63) is 35.4 Å². The third kappa shape index (κ3) is 5.81. The van der Waals surface area contributed by atoms with E-state index < -0.39 is 0 Å². The Balaban J connectivity index is 0.00000196. The minimum Gasteiger partial charge on any atom is -0.313 e. The lowest BCUT2D eigenvalue weighted by Crippen LogP contribution is -2.16. The SMILES string of the molecule is Cc1ccccc1CNCCC(C)C.Cl. The molecule has 2 heteroatoms. The summed E-state index contributed by atoms with van der Waals surface area (Å²) in [6, 6.07) is 8.55. The molecule has 1 aromatic rings. The standard InChI is InChI=1S/C13H21N.ClH/c1-11(2)8-9-14-10-13-7-5-4-6-12(13)3;/h4-7,11,14H,8-10H2,1-3H3;1H. The molecule has 0 fully saturated rings. The van der Waals surface area contributed by atoms with E-state index in [2.05, 4.69) is 50.4 Å². The van der Waals surface area contributed by atoms with Crippen LogP contribution in [0.15, 0.2) is 24.3 Å². The maximum Gasteiger partial charge on any atom is 0.0208 e. The van der Waals surface area contributed by atoms with Crippen LogP contribution in [-0.2, 0) is 6.54 Å². The van der Waals surface area contributed by atoms with Crippen LogP contribution in [0, 0.1) is 12.8 Å². The predicted octanol–water partition coefficient (Wildman–Crippen LogP) is 3.55. The van der Waals surface area contributed by atoms with E-state index >= 15 is 0 Å². The average Bonchev–Trinajstić information content (AvgIpc) is 2.15. The Bertz CT molecular complexity index is 271. The predicted molar refractivity (Wildman–Crippen MR) is 69.6 cm³/mol. The quantitative estimate of drug-likeness (QED) is 0.759. The summed E-state index contributed by atoms with van der Waals surface area (Å²) in [7, 11) is 0. The molecule has 0 heterocycles. The van der Waals surface area contributed by atoms with Crippen LogP contribution in [-0.4, -0.2) is 6.54 Å². The molecular formula is C13H22ClN. The summed E-state index contributed by atoms with van der Waals surface area (Å²) >= 11 is 0. The summed E-state index contributed by atoms with van der Waals surface area (Å²) in [5.74, 6) is 0.791.